The van der Waals surface area contributed by atoms with Gasteiger partial charge < -0.3 is 4.74 Å². The Morgan fingerprint density at radius 2 is 1.04 bits per heavy atom. The maximum atomic E-state index is 11.4. The predicted molar refractivity (Wildman–Crippen MR) is 105 cm³/mol. The van der Waals surface area contributed by atoms with Gasteiger partial charge in [-0.25, -0.2) is 4.79 Å². The molecule has 0 N–H and O–H groups in total. The Bertz CT molecular complexity index is 366. The van der Waals surface area contributed by atoms with E-state index in [1.165, 1.54) is 83.5 Å². The maximum absolute atomic E-state index is 11.4. The normalized spacial score (nSPS) is 10.2. The van der Waals surface area contributed by atoms with Crippen molar-refractivity contribution in [1.29, 1.82) is 0 Å². The van der Waals surface area contributed by atoms with E-state index in [4.69, 9.17) is 0 Å². The van der Waals surface area contributed by atoms with Gasteiger partial charge in [0.25, 0.3) is 0 Å². The van der Waals surface area contributed by atoms with Crippen molar-refractivity contribution in [2.24, 2.45) is 0 Å². The van der Waals surface area contributed by atoms with E-state index in [2.05, 4.69) is 18.2 Å². The summed E-state index contributed by atoms with van der Waals surface area (Å²) in [4.78, 5) is 22.6. The third-order valence-electron chi connectivity index (χ3n) is 4.54. The Kier molecular flexibility index (Phi) is 22.0. The van der Waals surface area contributed by atoms with Crippen LogP contribution in [0, 0.1) is 0 Å². The van der Waals surface area contributed by atoms with E-state index < -0.39 is 11.9 Å². The molecule has 1 radical (unpaired) electrons. The summed E-state index contributed by atoms with van der Waals surface area (Å²) >= 11 is 0. The van der Waals surface area contributed by atoms with Crippen LogP contribution in [-0.4, -0.2) is 11.9 Å². The Hall–Kier alpha value is -0.601. The van der Waals surface area contributed by atoms with Crippen molar-refractivity contribution in [2.45, 2.75) is 117 Å². The molecule has 0 rings (SSSR count). The molecule has 0 bridgehead atoms. The van der Waals surface area contributed by atoms with Gasteiger partial charge in [-0.1, -0.05) is 103 Å². The quantitative estimate of drug-likeness (QED) is 0.0853. The zero-order valence-electron chi connectivity index (χ0n) is 17.0. The van der Waals surface area contributed by atoms with Gasteiger partial charge in [-0.15, -0.1) is 0 Å². The number of unbranched alkanes of at least 4 members (excludes halogenated alkanes) is 14. The standard InChI is InChI=1S/C22H40O3.Cu/c1-4-5-6-7-8-9-10-11-12-13-14-15-16-17-18-19-21(23)25-22(24)20(2)3;/h2,4-19H2,1,3H3;. The number of carbonyl (C=O) groups is 2. The topological polar surface area (TPSA) is 43.4 Å². The molecular formula is C22H40CuO3. The van der Waals surface area contributed by atoms with Crippen LogP contribution in [0.5, 0.6) is 0 Å². The summed E-state index contributed by atoms with van der Waals surface area (Å²) in [6.45, 7) is 7.27. The van der Waals surface area contributed by atoms with Crippen LogP contribution < -0.4 is 0 Å². The number of hydrogen-bond acceptors (Lipinski definition) is 3. The summed E-state index contributed by atoms with van der Waals surface area (Å²) in [5.41, 5.74) is 0.268. The Morgan fingerprint density at radius 3 is 1.38 bits per heavy atom. The minimum Gasteiger partial charge on any atom is -0.390 e. The number of carbonyl (C=O) groups excluding carboxylic acids is 2. The van der Waals surface area contributed by atoms with Crippen molar-refractivity contribution in [1.82, 2.24) is 0 Å². The second kappa shape index (κ2) is 20.7. The maximum Gasteiger partial charge on any atom is 0.340 e. The van der Waals surface area contributed by atoms with Crippen LogP contribution in [0.25, 0.3) is 0 Å². The predicted octanol–water partition coefficient (Wildman–Crippen LogP) is 6.89. The molecule has 0 spiro atoms. The third kappa shape index (κ3) is 19.7. The van der Waals surface area contributed by atoms with Gasteiger partial charge in [-0.3, -0.25) is 4.79 Å². The Balaban J connectivity index is 0. The molecule has 4 heteroatoms. The van der Waals surface area contributed by atoms with Crippen LogP contribution in [0.4, 0.5) is 0 Å². The minimum atomic E-state index is -0.606. The van der Waals surface area contributed by atoms with Crippen molar-refractivity contribution in [3.8, 4) is 0 Å². The first kappa shape index (κ1) is 27.6. The van der Waals surface area contributed by atoms with Crippen molar-refractivity contribution in [3.05, 3.63) is 12.2 Å². The zero-order valence-corrected chi connectivity index (χ0v) is 18.0. The van der Waals surface area contributed by atoms with Gasteiger partial charge in [-0.05, 0) is 13.3 Å². The van der Waals surface area contributed by atoms with Crippen LogP contribution in [0.3, 0.4) is 0 Å². The minimum absolute atomic E-state index is 0. The summed E-state index contributed by atoms with van der Waals surface area (Å²) < 4.78 is 4.65. The van der Waals surface area contributed by atoms with Gasteiger partial charge in [0.2, 0.25) is 0 Å². The van der Waals surface area contributed by atoms with E-state index in [9.17, 15) is 9.59 Å². The molecule has 0 aliphatic rings. The van der Waals surface area contributed by atoms with Crippen LogP contribution in [0.2, 0.25) is 0 Å². The smallest absolute Gasteiger partial charge is 0.340 e. The first-order valence-corrected chi connectivity index (χ1v) is 10.5. The molecule has 0 aromatic rings. The van der Waals surface area contributed by atoms with Crippen molar-refractivity contribution in [2.75, 3.05) is 0 Å². The fourth-order valence-electron chi connectivity index (χ4n) is 2.88. The van der Waals surface area contributed by atoms with Gasteiger partial charge in [0.05, 0.1) is 0 Å². The van der Waals surface area contributed by atoms with E-state index >= 15 is 0 Å². The SMILES string of the molecule is C=C(C)C(=O)OC(=O)CCCCCCCCCCCCCCCCC.[Cu]. The number of hydrogen-bond donors (Lipinski definition) is 0. The monoisotopic (exact) mass is 415 g/mol. The molecule has 0 unspecified atom stereocenters. The molecule has 3 nitrogen and oxygen atoms in total. The fraction of sp³-hybridized carbons (Fsp3) is 0.818. The summed E-state index contributed by atoms with van der Waals surface area (Å²) in [7, 11) is 0. The molecule has 0 atom stereocenters. The fourth-order valence-corrected chi connectivity index (χ4v) is 2.88. The molecule has 157 valence electrons. The van der Waals surface area contributed by atoms with Crippen molar-refractivity contribution >= 4 is 11.9 Å². The third-order valence-corrected chi connectivity index (χ3v) is 4.54. The average molecular weight is 416 g/mol. The van der Waals surface area contributed by atoms with Gasteiger partial charge in [0.15, 0.2) is 0 Å². The average Bonchev–Trinajstić information content (AvgIpc) is 2.58. The molecule has 0 saturated carbocycles. The van der Waals surface area contributed by atoms with E-state index in [1.54, 1.807) is 6.92 Å². The number of ether oxygens (including phenoxy) is 1. The Labute approximate surface area is 172 Å². The molecule has 26 heavy (non-hydrogen) atoms. The number of esters is 2. The first-order chi connectivity index (χ1) is 12.1. The molecule has 0 heterocycles. The van der Waals surface area contributed by atoms with Gasteiger partial charge >= 0.3 is 11.9 Å². The second-order valence-electron chi connectivity index (χ2n) is 7.24. The molecule has 0 fully saturated rings. The van der Waals surface area contributed by atoms with E-state index in [0.29, 0.717) is 6.42 Å². The van der Waals surface area contributed by atoms with Crippen molar-refractivity contribution in [3.63, 3.8) is 0 Å². The van der Waals surface area contributed by atoms with Gasteiger partial charge in [0, 0.05) is 29.1 Å². The molecule has 0 aliphatic carbocycles. The second-order valence-corrected chi connectivity index (χ2v) is 7.24. The van der Waals surface area contributed by atoms with Crippen LogP contribution >= 0.6 is 0 Å². The van der Waals surface area contributed by atoms with Gasteiger partial charge in [-0.2, -0.15) is 0 Å². The molecule has 0 saturated heterocycles. The summed E-state index contributed by atoms with van der Waals surface area (Å²) in [5.74, 6) is -1.03. The number of rotatable bonds is 17. The molecule has 0 aromatic heterocycles. The van der Waals surface area contributed by atoms with E-state index in [-0.39, 0.29) is 22.6 Å². The van der Waals surface area contributed by atoms with Crippen LogP contribution in [-0.2, 0) is 31.4 Å². The molecule has 0 amide bonds. The molecule has 0 aliphatic heterocycles. The summed E-state index contributed by atoms with van der Waals surface area (Å²) in [6.07, 6.45) is 19.8. The zero-order chi connectivity index (χ0) is 18.8. The van der Waals surface area contributed by atoms with E-state index in [0.717, 1.165) is 12.8 Å². The Morgan fingerprint density at radius 1 is 0.692 bits per heavy atom. The van der Waals surface area contributed by atoms with Crippen LogP contribution in [0.1, 0.15) is 117 Å². The summed E-state index contributed by atoms with van der Waals surface area (Å²) in [5, 5.41) is 0. The molecular weight excluding hydrogens is 376 g/mol. The summed E-state index contributed by atoms with van der Waals surface area (Å²) in [6, 6.07) is 0. The van der Waals surface area contributed by atoms with Gasteiger partial charge in [0.1, 0.15) is 0 Å². The van der Waals surface area contributed by atoms with Crippen molar-refractivity contribution < 1.29 is 31.4 Å². The molecule has 0 aromatic carbocycles. The first-order valence-electron chi connectivity index (χ1n) is 10.5. The van der Waals surface area contributed by atoms with Crippen LogP contribution in [0.15, 0.2) is 12.2 Å². The largest absolute Gasteiger partial charge is 0.390 e. The van der Waals surface area contributed by atoms with E-state index in [1.807, 2.05) is 0 Å².